The van der Waals surface area contributed by atoms with Gasteiger partial charge in [-0.05, 0) is 12.5 Å². The highest BCUT2D eigenvalue weighted by Gasteiger charge is 1.78. The van der Waals surface area contributed by atoms with Gasteiger partial charge in [-0.15, -0.1) is 6.58 Å². The lowest BCUT2D eigenvalue weighted by Gasteiger charge is -1.83. The Hall–Kier alpha value is -1.73. The molecule has 0 bridgehead atoms. The molecule has 0 saturated heterocycles. The van der Waals surface area contributed by atoms with E-state index in [-0.39, 0.29) is 0 Å². The maximum Gasteiger partial charge on any atom is 0.0375 e. The standard InChI is InChI=1S/C6H5N3.C3H6/c7-9-8-6-4-2-1-3-5-6;1-3-2/h1-5H;3H,1H2,2H3. The summed E-state index contributed by atoms with van der Waals surface area (Å²) in [6.45, 7) is 5.25. The molecule has 3 nitrogen and oxygen atoms in total. The Morgan fingerprint density at radius 3 is 2.33 bits per heavy atom. The molecule has 0 unspecified atom stereocenters. The predicted octanol–water partition coefficient (Wildman–Crippen LogP) is 3.82. The van der Waals surface area contributed by atoms with E-state index in [1.807, 2.05) is 25.1 Å². The van der Waals surface area contributed by atoms with E-state index < -0.39 is 0 Å². The van der Waals surface area contributed by atoms with Crippen LogP contribution >= 0.6 is 0 Å². The van der Waals surface area contributed by atoms with Crippen LogP contribution in [-0.2, 0) is 0 Å². The van der Waals surface area contributed by atoms with Crippen molar-refractivity contribution in [1.29, 1.82) is 0 Å². The second kappa shape index (κ2) is 7.38. The summed E-state index contributed by atoms with van der Waals surface area (Å²) in [7, 11) is 0. The number of azide groups is 1. The highest BCUT2D eigenvalue weighted by Crippen LogP contribution is 2.08. The van der Waals surface area contributed by atoms with Crippen molar-refractivity contribution >= 4 is 5.69 Å². The molecule has 3 heteroatoms. The van der Waals surface area contributed by atoms with Gasteiger partial charge in [0.2, 0.25) is 0 Å². The van der Waals surface area contributed by atoms with E-state index in [9.17, 15) is 0 Å². The summed E-state index contributed by atoms with van der Waals surface area (Å²) in [4.78, 5) is 2.63. The molecule has 0 spiro atoms. The number of nitrogens with zero attached hydrogens (tertiary/aromatic N) is 3. The third kappa shape index (κ3) is 5.09. The fourth-order valence-corrected chi connectivity index (χ4v) is 0.546. The van der Waals surface area contributed by atoms with E-state index in [4.69, 9.17) is 5.53 Å². The summed E-state index contributed by atoms with van der Waals surface area (Å²) >= 11 is 0. The zero-order valence-electron chi connectivity index (χ0n) is 7.01. The number of benzene rings is 1. The molecule has 0 aliphatic rings. The highest BCUT2D eigenvalue weighted by atomic mass is 15.1. The van der Waals surface area contributed by atoms with Crippen molar-refractivity contribution in [2.75, 3.05) is 0 Å². The van der Waals surface area contributed by atoms with Crippen LogP contribution in [-0.4, -0.2) is 0 Å². The summed E-state index contributed by atoms with van der Waals surface area (Å²) < 4.78 is 0. The lowest BCUT2D eigenvalue weighted by Crippen LogP contribution is -1.56. The van der Waals surface area contributed by atoms with Crippen LogP contribution in [0.1, 0.15) is 6.92 Å². The van der Waals surface area contributed by atoms with Gasteiger partial charge in [-0.1, -0.05) is 41.5 Å². The number of rotatable bonds is 1. The van der Waals surface area contributed by atoms with Gasteiger partial charge in [-0.3, -0.25) is 0 Å². The molecule has 0 radical (unpaired) electrons. The number of hydrogen-bond donors (Lipinski definition) is 0. The molecule has 0 N–H and O–H groups in total. The zero-order valence-corrected chi connectivity index (χ0v) is 7.01. The summed E-state index contributed by atoms with van der Waals surface area (Å²) in [5, 5.41) is 3.39. The first-order valence-electron chi connectivity index (χ1n) is 3.52. The molecule has 1 aromatic carbocycles. The van der Waals surface area contributed by atoms with Gasteiger partial charge in [0.15, 0.2) is 0 Å². The molecular weight excluding hydrogens is 150 g/mol. The van der Waals surface area contributed by atoms with Crippen molar-refractivity contribution in [2.24, 2.45) is 5.11 Å². The topological polar surface area (TPSA) is 48.8 Å². The first kappa shape index (κ1) is 10.3. The quantitative estimate of drug-likeness (QED) is 0.260. The molecule has 12 heavy (non-hydrogen) atoms. The Balaban J connectivity index is 0.000000354. The first-order chi connectivity index (χ1) is 5.85. The summed E-state index contributed by atoms with van der Waals surface area (Å²) in [6, 6.07) is 9.02. The van der Waals surface area contributed by atoms with Crippen LogP contribution in [0.25, 0.3) is 10.4 Å². The van der Waals surface area contributed by atoms with Gasteiger partial charge >= 0.3 is 0 Å². The van der Waals surface area contributed by atoms with Gasteiger partial charge in [0.25, 0.3) is 0 Å². The smallest absolute Gasteiger partial charge is 0.0375 e. The second-order valence-corrected chi connectivity index (χ2v) is 1.93. The highest BCUT2D eigenvalue weighted by molar-refractivity contribution is 5.35. The van der Waals surface area contributed by atoms with Crippen molar-refractivity contribution in [3.05, 3.63) is 53.4 Å². The van der Waals surface area contributed by atoms with E-state index >= 15 is 0 Å². The molecule has 0 aliphatic heterocycles. The van der Waals surface area contributed by atoms with Crippen LogP contribution in [0.3, 0.4) is 0 Å². The Bertz CT molecular complexity index is 260. The summed E-state index contributed by atoms with van der Waals surface area (Å²) in [6.07, 6.45) is 1.75. The zero-order chi connectivity index (χ0) is 9.23. The number of hydrogen-bond acceptors (Lipinski definition) is 1. The normalized spacial score (nSPS) is 7.08. The van der Waals surface area contributed by atoms with Gasteiger partial charge in [-0.25, -0.2) is 0 Å². The van der Waals surface area contributed by atoms with Crippen molar-refractivity contribution in [3.63, 3.8) is 0 Å². The molecule has 0 saturated carbocycles. The third-order valence-corrected chi connectivity index (χ3v) is 0.916. The fraction of sp³-hybridized carbons (Fsp3) is 0.111. The van der Waals surface area contributed by atoms with Crippen LogP contribution < -0.4 is 0 Å². The lowest BCUT2D eigenvalue weighted by atomic mass is 10.3. The maximum atomic E-state index is 7.98. The molecule has 0 aromatic heterocycles. The Morgan fingerprint density at radius 1 is 1.42 bits per heavy atom. The van der Waals surface area contributed by atoms with Crippen LogP contribution in [0.2, 0.25) is 0 Å². The van der Waals surface area contributed by atoms with Crippen LogP contribution in [0.15, 0.2) is 48.1 Å². The molecule has 0 atom stereocenters. The van der Waals surface area contributed by atoms with Gasteiger partial charge < -0.3 is 0 Å². The van der Waals surface area contributed by atoms with Crippen molar-refractivity contribution in [3.8, 4) is 0 Å². The van der Waals surface area contributed by atoms with Crippen LogP contribution in [0, 0.1) is 0 Å². The van der Waals surface area contributed by atoms with Crippen LogP contribution in [0.5, 0.6) is 0 Å². The molecule has 62 valence electrons. The van der Waals surface area contributed by atoms with Gasteiger partial charge in [0, 0.05) is 10.6 Å². The summed E-state index contributed by atoms with van der Waals surface area (Å²) in [5.41, 5.74) is 8.63. The monoisotopic (exact) mass is 161 g/mol. The Labute approximate surface area is 72.0 Å². The molecule has 0 amide bonds. The van der Waals surface area contributed by atoms with Gasteiger partial charge in [-0.2, -0.15) is 0 Å². The van der Waals surface area contributed by atoms with Crippen LogP contribution in [0.4, 0.5) is 5.69 Å². The third-order valence-electron chi connectivity index (χ3n) is 0.916. The molecule has 0 heterocycles. The lowest BCUT2D eigenvalue weighted by molar-refractivity contribution is 1.48. The van der Waals surface area contributed by atoms with E-state index in [0.717, 1.165) is 0 Å². The minimum Gasteiger partial charge on any atom is -0.103 e. The average Bonchev–Trinajstić information content (AvgIpc) is 2.08. The van der Waals surface area contributed by atoms with Gasteiger partial charge in [0.05, 0.1) is 0 Å². The van der Waals surface area contributed by atoms with E-state index in [1.54, 1.807) is 18.2 Å². The van der Waals surface area contributed by atoms with E-state index in [0.29, 0.717) is 5.69 Å². The Morgan fingerprint density at radius 2 is 1.92 bits per heavy atom. The molecule has 1 rings (SSSR count). The summed E-state index contributed by atoms with van der Waals surface area (Å²) in [5.74, 6) is 0. The second-order valence-electron chi connectivity index (χ2n) is 1.93. The van der Waals surface area contributed by atoms with Crippen molar-refractivity contribution in [1.82, 2.24) is 0 Å². The minimum absolute atomic E-state index is 0.653. The maximum absolute atomic E-state index is 7.98. The SMILES string of the molecule is C=CC.[N-]=[N+]=Nc1ccccc1. The number of allylic oxidation sites excluding steroid dienone is 1. The molecule has 0 aliphatic carbocycles. The fourth-order valence-electron chi connectivity index (χ4n) is 0.546. The largest absolute Gasteiger partial charge is 0.103 e. The van der Waals surface area contributed by atoms with E-state index in [1.165, 1.54) is 0 Å². The molecular formula is C9H11N3. The first-order valence-corrected chi connectivity index (χ1v) is 3.52. The van der Waals surface area contributed by atoms with Crippen molar-refractivity contribution in [2.45, 2.75) is 6.92 Å². The average molecular weight is 161 g/mol. The minimum atomic E-state index is 0.653. The van der Waals surface area contributed by atoms with E-state index in [2.05, 4.69) is 16.6 Å². The van der Waals surface area contributed by atoms with Crippen molar-refractivity contribution < 1.29 is 0 Å². The Kier molecular flexibility index (Phi) is 6.31. The molecule has 0 fully saturated rings. The van der Waals surface area contributed by atoms with Gasteiger partial charge in [0.1, 0.15) is 0 Å². The molecule has 1 aromatic rings. The predicted molar refractivity (Wildman–Crippen MR) is 51.1 cm³/mol.